The predicted molar refractivity (Wildman–Crippen MR) is 67.6 cm³/mol. The summed E-state index contributed by atoms with van der Waals surface area (Å²) in [5.74, 6) is 1.42. The number of benzene rings is 1. The molecule has 94 valence electrons. The van der Waals surface area contributed by atoms with Gasteiger partial charge in [-0.15, -0.1) is 0 Å². The summed E-state index contributed by atoms with van der Waals surface area (Å²) in [7, 11) is 3.22. The molecule has 0 saturated heterocycles. The molecule has 1 aromatic heterocycles. The third-order valence-electron chi connectivity index (χ3n) is 2.70. The molecule has 1 aromatic carbocycles. The van der Waals surface area contributed by atoms with Gasteiger partial charge in [0.2, 0.25) is 0 Å². The molecular weight excluding hydrogens is 230 g/mol. The van der Waals surface area contributed by atoms with Crippen LogP contribution < -0.4 is 15.2 Å². The molecule has 0 aliphatic rings. The van der Waals surface area contributed by atoms with Gasteiger partial charge in [0, 0.05) is 12.3 Å². The molecule has 0 aliphatic heterocycles. The maximum absolute atomic E-state index is 6.18. The van der Waals surface area contributed by atoms with Gasteiger partial charge in [0.1, 0.15) is 11.5 Å². The minimum atomic E-state index is -0.288. The summed E-state index contributed by atoms with van der Waals surface area (Å²) in [6.45, 7) is 0. The lowest BCUT2D eigenvalue weighted by molar-refractivity contribution is 0.393. The van der Waals surface area contributed by atoms with Gasteiger partial charge in [-0.05, 0) is 29.3 Å². The summed E-state index contributed by atoms with van der Waals surface area (Å²) < 4.78 is 10.4. The van der Waals surface area contributed by atoms with E-state index in [-0.39, 0.29) is 6.04 Å². The smallest absolute Gasteiger partial charge is 0.122 e. The van der Waals surface area contributed by atoms with Gasteiger partial charge in [-0.3, -0.25) is 0 Å². The Balaban J connectivity index is 2.38. The van der Waals surface area contributed by atoms with E-state index in [0.29, 0.717) is 11.5 Å². The molecule has 5 nitrogen and oxygen atoms in total. The Hall–Kier alpha value is -2.14. The zero-order valence-corrected chi connectivity index (χ0v) is 10.3. The van der Waals surface area contributed by atoms with Gasteiger partial charge in [0.15, 0.2) is 0 Å². The highest BCUT2D eigenvalue weighted by atomic mass is 16.5. The van der Waals surface area contributed by atoms with E-state index in [0.717, 1.165) is 11.1 Å². The van der Waals surface area contributed by atoms with Crippen LogP contribution in [0.4, 0.5) is 0 Å². The average Bonchev–Trinajstić information content (AvgIpc) is 2.46. The zero-order valence-electron chi connectivity index (χ0n) is 10.3. The highest BCUT2D eigenvalue weighted by molar-refractivity contribution is 5.42. The lowest BCUT2D eigenvalue weighted by Crippen LogP contribution is -2.12. The van der Waals surface area contributed by atoms with E-state index in [1.54, 1.807) is 32.7 Å². The summed E-state index contributed by atoms with van der Waals surface area (Å²) in [4.78, 5) is 0. The summed E-state index contributed by atoms with van der Waals surface area (Å²) in [5.41, 5.74) is 7.98. The Kier molecular flexibility index (Phi) is 3.74. The van der Waals surface area contributed by atoms with Gasteiger partial charge < -0.3 is 15.2 Å². The first kappa shape index (κ1) is 12.3. The molecule has 2 rings (SSSR count). The molecule has 0 fully saturated rings. The van der Waals surface area contributed by atoms with Crippen LogP contribution in [0.1, 0.15) is 17.2 Å². The molecule has 0 aliphatic carbocycles. The van der Waals surface area contributed by atoms with E-state index in [9.17, 15) is 0 Å². The second-order valence-corrected chi connectivity index (χ2v) is 3.80. The van der Waals surface area contributed by atoms with Crippen LogP contribution in [0.3, 0.4) is 0 Å². The number of nitrogens with two attached hydrogens (primary N) is 1. The first-order chi connectivity index (χ1) is 8.74. The molecule has 0 radical (unpaired) electrons. The number of rotatable bonds is 4. The Morgan fingerprint density at radius 3 is 2.17 bits per heavy atom. The number of aromatic nitrogens is 2. The van der Waals surface area contributed by atoms with Crippen molar-refractivity contribution in [2.24, 2.45) is 5.73 Å². The minimum Gasteiger partial charge on any atom is -0.497 e. The van der Waals surface area contributed by atoms with Gasteiger partial charge in [0.05, 0.1) is 26.5 Å². The van der Waals surface area contributed by atoms with Gasteiger partial charge in [-0.1, -0.05) is 0 Å². The Labute approximate surface area is 106 Å². The van der Waals surface area contributed by atoms with Gasteiger partial charge in [0.25, 0.3) is 0 Å². The van der Waals surface area contributed by atoms with Crippen molar-refractivity contribution in [3.8, 4) is 11.5 Å². The van der Waals surface area contributed by atoms with Crippen molar-refractivity contribution in [1.82, 2.24) is 10.2 Å². The molecule has 0 saturated carbocycles. The summed E-state index contributed by atoms with van der Waals surface area (Å²) in [6.07, 6.45) is 3.27. The molecule has 1 unspecified atom stereocenters. The third-order valence-corrected chi connectivity index (χ3v) is 2.70. The fraction of sp³-hybridized carbons (Fsp3) is 0.231. The van der Waals surface area contributed by atoms with Crippen LogP contribution in [-0.4, -0.2) is 24.4 Å². The standard InChI is InChI=1S/C13H15N3O2/c1-17-11-5-10(6-12(7-11)18-2)13(14)9-3-4-15-16-8-9/h3-8,13H,14H2,1-2H3. The fourth-order valence-electron chi connectivity index (χ4n) is 1.69. The van der Waals surface area contributed by atoms with E-state index in [1.807, 2.05) is 18.2 Å². The molecule has 0 spiro atoms. The maximum atomic E-state index is 6.18. The number of methoxy groups -OCH3 is 2. The molecule has 1 heterocycles. The van der Waals surface area contributed by atoms with E-state index >= 15 is 0 Å². The van der Waals surface area contributed by atoms with Crippen molar-refractivity contribution in [2.75, 3.05) is 14.2 Å². The largest absolute Gasteiger partial charge is 0.497 e. The monoisotopic (exact) mass is 245 g/mol. The van der Waals surface area contributed by atoms with Crippen molar-refractivity contribution in [3.05, 3.63) is 47.8 Å². The van der Waals surface area contributed by atoms with Crippen molar-refractivity contribution in [1.29, 1.82) is 0 Å². The van der Waals surface area contributed by atoms with Crippen LogP contribution in [0, 0.1) is 0 Å². The van der Waals surface area contributed by atoms with Gasteiger partial charge in [-0.2, -0.15) is 10.2 Å². The Morgan fingerprint density at radius 2 is 1.67 bits per heavy atom. The molecule has 0 amide bonds. The number of hydrogen-bond acceptors (Lipinski definition) is 5. The third kappa shape index (κ3) is 2.57. The SMILES string of the molecule is COc1cc(OC)cc(C(N)c2ccnnc2)c1. The van der Waals surface area contributed by atoms with Crippen molar-refractivity contribution >= 4 is 0 Å². The van der Waals surface area contributed by atoms with Crippen LogP contribution in [0.5, 0.6) is 11.5 Å². The van der Waals surface area contributed by atoms with Crippen molar-refractivity contribution in [3.63, 3.8) is 0 Å². The average molecular weight is 245 g/mol. The molecule has 18 heavy (non-hydrogen) atoms. The van der Waals surface area contributed by atoms with Crippen LogP contribution in [-0.2, 0) is 0 Å². The number of hydrogen-bond donors (Lipinski definition) is 1. The highest BCUT2D eigenvalue weighted by Gasteiger charge is 2.12. The lowest BCUT2D eigenvalue weighted by Gasteiger charge is -2.14. The van der Waals surface area contributed by atoms with Gasteiger partial charge in [-0.25, -0.2) is 0 Å². The van der Waals surface area contributed by atoms with Crippen LogP contribution in [0.15, 0.2) is 36.7 Å². The van der Waals surface area contributed by atoms with E-state index in [1.165, 1.54) is 0 Å². The summed E-state index contributed by atoms with van der Waals surface area (Å²) in [5, 5.41) is 7.56. The highest BCUT2D eigenvalue weighted by Crippen LogP contribution is 2.28. The van der Waals surface area contributed by atoms with Crippen molar-refractivity contribution < 1.29 is 9.47 Å². The number of nitrogens with zero attached hydrogens (tertiary/aromatic N) is 2. The predicted octanol–water partition coefficient (Wildman–Crippen LogP) is 1.54. The zero-order chi connectivity index (χ0) is 13.0. The topological polar surface area (TPSA) is 70.3 Å². The van der Waals surface area contributed by atoms with Crippen molar-refractivity contribution in [2.45, 2.75) is 6.04 Å². The molecule has 2 aromatic rings. The second kappa shape index (κ2) is 5.46. The molecule has 2 N–H and O–H groups in total. The Bertz CT molecular complexity index is 495. The van der Waals surface area contributed by atoms with E-state index < -0.39 is 0 Å². The first-order valence-corrected chi connectivity index (χ1v) is 5.49. The van der Waals surface area contributed by atoms with Crippen LogP contribution in [0.2, 0.25) is 0 Å². The first-order valence-electron chi connectivity index (χ1n) is 5.49. The van der Waals surface area contributed by atoms with E-state index in [2.05, 4.69) is 10.2 Å². The Morgan fingerprint density at radius 1 is 1.00 bits per heavy atom. The van der Waals surface area contributed by atoms with Crippen LogP contribution >= 0.6 is 0 Å². The molecular formula is C13H15N3O2. The summed E-state index contributed by atoms with van der Waals surface area (Å²) >= 11 is 0. The van der Waals surface area contributed by atoms with E-state index in [4.69, 9.17) is 15.2 Å². The second-order valence-electron chi connectivity index (χ2n) is 3.80. The molecule has 1 atom stereocenters. The lowest BCUT2D eigenvalue weighted by atomic mass is 10.0. The quantitative estimate of drug-likeness (QED) is 0.884. The summed E-state index contributed by atoms with van der Waals surface area (Å²) in [6, 6.07) is 7.12. The van der Waals surface area contributed by atoms with Crippen LogP contribution in [0.25, 0.3) is 0 Å². The molecule has 5 heteroatoms. The minimum absolute atomic E-state index is 0.288. The molecule has 0 bridgehead atoms. The fourth-order valence-corrected chi connectivity index (χ4v) is 1.69. The van der Waals surface area contributed by atoms with Gasteiger partial charge >= 0.3 is 0 Å². The normalized spacial score (nSPS) is 11.9. The number of ether oxygens (including phenoxy) is 2. The maximum Gasteiger partial charge on any atom is 0.122 e.